The van der Waals surface area contributed by atoms with Crippen LogP contribution in [0.3, 0.4) is 0 Å². The molecule has 1 aliphatic heterocycles. The Labute approximate surface area is 122 Å². The Hall–Kier alpha value is -2.15. The summed E-state index contributed by atoms with van der Waals surface area (Å²) in [5.41, 5.74) is 1.83. The van der Waals surface area contributed by atoms with Crippen LogP contribution in [0.1, 0.15) is 12.0 Å². The molecule has 7 heteroatoms. The SMILES string of the molecule is COC(=O)CC1CN(c2cc([N+](=O)[O-])ccc2C)CCO1. The van der Waals surface area contributed by atoms with Crippen LogP contribution in [-0.4, -0.2) is 43.8 Å². The summed E-state index contributed by atoms with van der Waals surface area (Å²) in [6.45, 7) is 3.53. The van der Waals surface area contributed by atoms with Crippen LogP contribution in [0.2, 0.25) is 0 Å². The molecule has 2 rings (SSSR count). The van der Waals surface area contributed by atoms with E-state index in [2.05, 4.69) is 4.74 Å². The summed E-state index contributed by atoms with van der Waals surface area (Å²) < 4.78 is 10.2. The highest BCUT2D eigenvalue weighted by Crippen LogP contribution is 2.27. The average molecular weight is 294 g/mol. The number of hydrogen-bond acceptors (Lipinski definition) is 6. The van der Waals surface area contributed by atoms with E-state index in [-0.39, 0.29) is 24.2 Å². The Balaban J connectivity index is 2.15. The molecule has 1 aromatic rings. The lowest BCUT2D eigenvalue weighted by molar-refractivity contribution is -0.384. The molecule has 1 saturated heterocycles. The van der Waals surface area contributed by atoms with Gasteiger partial charge in [-0.2, -0.15) is 0 Å². The molecule has 1 aromatic carbocycles. The molecule has 21 heavy (non-hydrogen) atoms. The minimum absolute atomic E-state index is 0.0617. The first-order valence-electron chi connectivity index (χ1n) is 6.69. The highest BCUT2D eigenvalue weighted by Gasteiger charge is 2.25. The van der Waals surface area contributed by atoms with Gasteiger partial charge in [-0.25, -0.2) is 0 Å². The average Bonchev–Trinajstić information content (AvgIpc) is 2.47. The van der Waals surface area contributed by atoms with Crippen molar-refractivity contribution in [3.63, 3.8) is 0 Å². The van der Waals surface area contributed by atoms with E-state index in [0.29, 0.717) is 19.7 Å². The van der Waals surface area contributed by atoms with Gasteiger partial charge < -0.3 is 14.4 Å². The van der Waals surface area contributed by atoms with Crippen LogP contribution < -0.4 is 4.90 Å². The zero-order valence-electron chi connectivity index (χ0n) is 12.1. The number of esters is 1. The number of benzene rings is 1. The Bertz CT molecular complexity index is 546. The number of non-ortho nitro benzene ring substituents is 1. The molecule has 1 atom stereocenters. The van der Waals surface area contributed by atoms with Gasteiger partial charge in [-0.3, -0.25) is 14.9 Å². The number of hydrogen-bond donors (Lipinski definition) is 0. The topological polar surface area (TPSA) is 81.9 Å². The third kappa shape index (κ3) is 3.69. The molecule has 1 heterocycles. The zero-order valence-corrected chi connectivity index (χ0v) is 12.1. The van der Waals surface area contributed by atoms with E-state index in [4.69, 9.17) is 4.74 Å². The van der Waals surface area contributed by atoms with Crippen molar-refractivity contribution >= 4 is 17.3 Å². The Morgan fingerprint density at radius 2 is 2.33 bits per heavy atom. The molecule has 0 bridgehead atoms. The van der Waals surface area contributed by atoms with Gasteiger partial charge in [-0.1, -0.05) is 6.07 Å². The second kappa shape index (κ2) is 6.53. The van der Waals surface area contributed by atoms with Crippen LogP contribution >= 0.6 is 0 Å². The maximum absolute atomic E-state index is 11.3. The van der Waals surface area contributed by atoms with Gasteiger partial charge in [0.2, 0.25) is 0 Å². The van der Waals surface area contributed by atoms with Gasteiger partial charge in [-0.15, -0.1) is 0 Å². The summed E-state index contributed by atoms with van der Waals surface area (Å²) >= 11 is 0. The van der Waals surface area contributed by atoms with Gasteiger partial charge in [-0.05, 0) is 12.5 Å². The van der Waals surface area contributed by atoms with Crippen molar-refractivity contribution in [1.29, 1.82) is 0 Å². The number of morpholine rings is 1. The summed E-state index contributed by atoms with van der Waals surface area (Å²) in [5.74, 6) is -0.322. The molecule has 0 saturated carbocycles. The monoisotopic (exact) mass is 294 g/mol. The summed E-state index contributed by atoms with van der Waals surface area (Å²) in [4.78, 5) is 23.8. The van der Waals surface area contributed by atoms with E-state index >= 15 is 0 Å². The van der Waals surface area contributed by atoms with Crippen molar-refractivity contribution in [2.75, 3.05) is 31.7 Å². The van der Waals surface area contributed by atoms with E-state index in [1.807, 2.05) is 11.8 Å². The van der Waals surface area contributed by atoms with Crippen LogP contribution in [0.15, 0.2) is 18.2 Å². The van der Waals surface area contributed by atoms with Crippen molar-refractivity contribution in [2.45, 2.75) is 19.4 Å². The smallest absolute Gasteiger partial charge is 0.308 e. The molecule has 0 radical (unpaired) electrons. The normalized spacial score (nSPS) is 18.4. The second-order valence-electron chi connectivity index (χ2n) is 4.95. The minimum Gasteiger partial charge on any atom is -0.469 e. The van der Waals surface area contributed by atoms with E-state index in [9.17, 15) is 14.9 Å². The number of rotatable bonds is 4. The highest BCUT2D eigenvalue weighted by molar-refractivity contribution is 5.70. The summed E-state index contributed by atoms with van der Waals surface area (Å²) in [5, 5.41) is 10.9. The molecule has 0 N–H and O–H groups in total. The van der Waals surface area contributed by atoms with E-state index in [1.165, 1.54) is 13.2 Å². The lowest BCUT2D eigenvalue weighted by Crippen LogP contribution is -2.43. The summed E-state index contributed by atoms with van der Waals surface area (Å²) in [7, 11) is 1.34. The molecule has 0 aliphatic carbocycles. The maximum Gasteiger partial charge on any atom is 0.308 e. The Morgan fingerprint density at radius 1 is 1.57 bits per heavy atom. The molecule has 1 fully saturated rings. The number of nitrogens with zero attached hydrogens (tertiary/aromatic N) is 2. The fourth-order valence-electron chi connectivity index (χ4n) is 2.38. The third-order valence-corrected chi connectivity index (χ3v) is 3.51. The van der Waals surface area contributed by atoms with Crippen LogP contribution in [0.5, 0.6) is 0 Å². The lowest BCUT2D eigenvalue weighted by atomic mass is 10.1. The number of ether oxygens (including phenoxy) is 2. The fourth-order valence-corrected chi connectivity index (χ4v) is 2.38. The molecule has 0 amide bonds. The summed E-state index contributed by atoms with van der Waals surface area (Å²) in [6, 6.07) is 4.79. The van der Waals surface area contributed by atoms with Crippen LogP contribution in [-0.2, 0) is 14.3 Å². The molecule has 0 aromatic heterocycles. The predicted octanol–water partition coefficient (Wildman–Crippen LogP) is 1.67. The molecular formula is C14H18N2O5. The molecule has 7 nitrogen and oxygen atoms in total. The van der Waals surface area contributed by atoms with E-state index in [0.717, 1.165) is 11.3 Å². The predicted molar refractivity (Wildman–Crippen MR) is 76.4 cm³/mol. The van der Waals surface area contributed by atoms with Crippen molar-refractivity contribution in [3.05, 3.63) is 33.9 Å². The number of anilines is 1. The summed E-state index contributed by atoms with van der Waals surface area (Å²) in [6.07, 6.45) is -0.0779. The van der Waals surface area contributed by atoms with Gasteiger partial charge in [0, 0.05) is 30.9 Å². The number of carbonyl (C=O) groups is 1. The Morgan fingerprint density at radius 3 is 3.00 bits per heavy atom. The molecule has 0 spiro atoms. The van der Waals surface area contributed by atoms with Crippen molar-refractivity contribution < 1.29 is 19.2 Å². The standard InChI is InChI=1S/C14H18N2O5/c1-10-3-4-11(16(18)19)7-13(10)15-5-6-21-12(9-15)8-14(17)20-2/h3-4,7,12H,5-6,8-9H2,1-2H3. The second-order valence-corrected chi connectivity index (χ2v) is 4.95. The molecular weight excluding hydrogens is 276 g/mol. The lowest BCUT2D eigenvalue weighted by Gasteiger charge is -2.34. The maximum atomic E-state index is 11.3. The minimum atomic E-state index is -0.407. The first-order valence-corrected chi connectivity index (χ1v) is 6.69. The Kier molecular flexibility index (Phi) is 4.74. The van der Waals surface area contributed by atoms with Gasteiger partial charge in [0.05, 0.1) is 31.2 Å². The molecule has 1 unspecified atom stereocenters. The molecule has 1 aliphatic rings. The fraction of sp³-hybridized carbons (Fsp3) is 0.500. The largest absolute Gasteiger partial charge is 0.469 e. The number of nitro groups is 1. The molecule has 114 valence electrons. The van der Waals surface area contributed by atoms with Crippen molar-refractivity contribution in [2.24, 2.45) is 0 Å². The van der Waals surface area contributed by atoms with Gasteiger partial charge in [0.1, 0.15) is 0 Å². The quantitative estimate of drug-likeness (QED) is 0.477. The van der Waals surface area contributed by atoms with Crippen LogP contribution in [0, 0.1) is 17.0 Å². The van der Waals surface area contributed by atoms with Crippen LogP contribution in [0.4, 0.5) is 11.4 Å². The number of carbonyl (C=O) groups excluding carboxylic acids is 1. The van der Waals surface area contributed by atoms with Crippen LogP contribution in [0.25, 0.3) is 0 Å². The van der Waals surface area contributed by atoms with E-state index < -0.39 is 4.92 Å². The highest BCUT2D eigenvalue weighted by atomic mass is 16.6. The zero-order chi connectivity index (χ0) is 15.4. The van der Waals surface area contributed by atoms with Crippen molar-refractivity contribution in [1.82, 2.24) is 0 Å². The van der Waals surface area contributed by atoms with Gasteiger partial charge >= 0.3 is 5.97 Å². The van der Waals surface area contributed by atoms with E-state index in [1.54, 1.807) is 12.1 Å². The number of methoxy groups -OCH3 is 1. The van der Waals surface area contributed by atoms with Gasteiger partial charge in [0.25, 0.3) is 5.69 Å². The number of nitro benzene ring substituents is 1. The number of aryl methyl sites for hydroxylation is 1. The van der Waals surface area contributed by atoms with Gasteiger partial charge in [0.15, 0.2) is 0 Å². The first kappa shape index (κ1) is 15.2. The van der Waals surface area contributed by atoms with Crippen molar-refractivity contribution in [3.8, 4) is 0 Å². The third-order valence-electron chi connectivity index (χ3n) is 3.51. The first-order chi connectivity index (χ1) is 10.0.